The maximum atomic E-state index is 12.7. The standard InChI is InChI=1S/C22H28ClN5O2/c1-3-9-28(22(30)19-16-24-17(2)15-25-19)10-8-21(29)27-13-11-26(12-14-27)20-7-5-4-6-18(20)23/h4-7,15-16H,3,8-14H2,1-2H3. The molecule has 0 saturated carbocycles. The van der Waals surface area contributed by atoms with Crippen molar-refractivity contribution in [1.29, 1.82) is 0 Å². The Labute approximate surface area is 182 Å². The largest absolute Gasteiger partial charge is 0.367 e. The van der Waals surface area contributed by atoms with Crippen molar-refractivity contribution >= 4 is 29.1 Å². The van der Waals surface area contributed by atoms with Gasteiger partial charge in [-0.25, -0.2) is 4.98 Å². The number of carbonyl (C=O) groups is 2. The molecule has 1 saturated heterocycles. The van der Waals surface area contributed by atoms with E-state index in [0.29, 0.717) is 38.3 Å². The summed E-state index contributed by atoms with van der Waals surface area (Å²) in [6, 6.07) is 7.77. The van der Waals surface area contributed by atoms with Gasteiger partial charge in [-0.1, -0.05) is 30.7 Å². The third-order valence-electron chi connectivity index (χ3n) is 5.20. The Morgan fingerprint density at radius 1 is 1.07 bits per heavy atom. The monoisotopic (exact) mass is 429 g/mol. The second kappa shape index (κ2) is 10.4. The Balaban J connectivity index is 1.53. The summed E-state index contributed by atoms with van der Waals surface area (Å²) in [6.45, 7) is 7.59. The molecule has 0 aliphatic carbocycles. The van der Waals surface area contributed by atoms with Crippen molar-refractivity contribution in [3.63, 3.8) is 0 Å². The van der Waals surface area contributed by atoms with E-state index in [1.165, 1.54) is 6.20 Å². The number of benzene rings is 1. The summed E-state index contributed by atoms with van der Waals surface area (Å²) in [5.41, 5.74) is 2.08. The molecule has 2 aromatic rings. The van der Waals surface area contributed by atoms with Crippen LogP contribution in [-0.2, 0) is 4.79 Å². The van der Waals surface area contributed by atoms with Crippen molar-refractivity contribution in [2.75, 3.05) is 44.2 Å². The molecule has 0 spiro atoms. The fraction of sp³-hybridized carbons (Fsp3) is 0.455. The van der Waals surface area contributed by atoms with Crippen LogP contribution in [0.1, 0.15) is 35.9 Å². The van der Waals surface area contributed by atoms with Crippen LogP contribution >= 0.6 is 11.6 Å². The quantitative estimate of drug-likeness (QED) is 0.676. The summed E-state index contributed by atoms with van der Waals surface area (Å²) < 4.78 is 0. The minimum atomic E-state index is -0.180. The van der Waals surface area contributed by atoms with Gasteiger partial charge in [0, 0.05) is 51.9 Å². The molecule has 160 valence electrons. The van der Waals surface area contributed by atoms with Crippen molar-refractivity contribution in [3.05, 3.63) is 53.1 Å². The summed E-state index contributed by atoms with van der Waals surface area (Å²) in [5, 5.41) is 0.727. The molecule has 0 unspecified atom stereocenters. The number of halogens is 1. The number of nitrogens with zero attached hydrogens (tertiary/aromatic N) is 5. The molecule has 0 atom stereocenters. The van der Waals surface area contributed by atoms with Gasteiger partial charge in [-0.3, -0.25) is 14.6 Å². The lowest BCUT2D eigenvalue weighted by Gasteiger charge is -2.36. The molecule has 30 heavy (non-hydrogen) atoms. The Morgan fingerprint density at radius 2 is 1.80 bits per heavy atom. The van der Waals surface area contributed by atoms with Gasteiger partial charge in [-0.05, 0) is 25.5 Å². The molecule has 1 aromatic heterocycles. The average Bonchev–Trinajstić information content (AvgIpc) is 2.77. The Morgan fingerprint density at radius 3 is 2.43 bits per heavy atom. The lowest BCUT2D eigenvalue weighted by molar-refractivity contribution is -0.131. The lowest BCUT2D eigenvalue weighted by atomic mass is 10.2. The molecule has 1 fully saturated rings. The van der Waals surface area contributed by atoms with E-state index in [1.54, 1.807) is 11.1 Å². The molecule has 2 amide bonds. The topological polar surface area (TPSA) is 69.6 Å². The summed E-state index contributed by atoms with van der Waals surface area (Å²) in [5.74, 6) is -0.113. The van der Waals surface area contributed by atoms with Crippen LogP contribution in [0.4, 0.5) is 5.69 Å². The van der Waals surface area contributed by atoms with E-state index in [4.69, 9.17) is 11.6 Å². The van der Waals surface area contributed by atoms with Crippen LogP contribution in [0.5, 0.6) is 0 Å². The second-order valence-corrected chi connectivity index (χ2v) is 7.81. The number of aryl methyl sites for hydroxylation is 1. The van der Waals surface area contributed by atoms with Gasteiger partial charge in [-0.2, -0.15) is 0 Å². The van der Waals surface area contributed by atoms with Gasteiger partial charge in [0.25, 0.3) is 5.91 Å². The van der Waals surface area contributed by atoms with Gasteiger partial charge in [0.05, 0.1) is 22.6 Å². The van der Waals surface area contributed by atoms with Crippen LogP contribution in [0.2, 0.25) is 5.02 Å². The summed E-state index contributed by atoms with van der Waals surface area (Å²) in [4.78, 5) is 39.6. The van der Waals surface area contributed by atoms with Gasteiger partial charge in [0.1, 0.15) is 5.69 Å². The minimum absolute atomic E-state index is 0.0673. The number of amides is 2. The number of aromatic nitrogens is 2. The van der Waals surface area contributed by atoms with Crippen molar-refractivity contribution in [2.45, 2.75) is 26.7 Å². The molecule has 0 bridgehead atoms. The maximum Gasteiger partial charge on any atom is 0.274 e. The maximum absolute atomic E-state index is 12.7. The molecule has 0 N–H and O–H groups in total. The van der Waals surface area contributed by atoms with Crippen LogP contribution in [0.3, 0.4) is 0 Å². The predicted molar refractivity (Wildman–Crippen MR) is 118 cm³/mol. The normalized spacial score (nSPS) is 14.0. The molecule has 8 heteroatoms. The molecule has 1 aromatic carbocycles. The number of carbonyl (C=O) groups excluding carboxylic acids is 2. The smallest absolute Gasteiger partial charge is 0.274 e. The Bertz CT molecular complexity index is 866. The Kier molecular flexibility index (Phi) is 7.63. The third-order valence-corrected chi connectivity index (χ3v) is 5.52. The number of hydrogen-bond donors (Lipinski definition) is 0. The first-order valence-corrected chi connectivity index (χ1v) is 10.7. The van der Waals surface area contributed by atoms with Gasteiger partial charge in [-0.15, -0.1) is 0 Å². The molecule has 0 radical (unpaired) electrons. The third kappa shape index (κ3) is 5.48. The van der Waals surface area contributed by atoms with Crippen molar-refractivity contribution in [3.8, 4) is 0 Å². The first kappa shape index (κ1) is 22.0. The fourth-order valence-electron chi connectivity index (χ4n) is 3.54. The van der Waals surface area contributed by atoms with E-state index in [-0.39, 0.29) is 11.8 Å². The van der Waals surface area contributed by atoms with E-state index in [9.17, 15) is 9.59 Å². The van der Waals surface area contributed by atoms with E-state index in [0.717, 1.165) is 35.9 Å². The number of anilines is 1. The van der Waals surface area contributed by atoms with E-state index in [1.807, 2.05) is 43.0 Å². The molecule has 1 aliphatic rings. The number of hydrogen-bond acceptors (Lipinski definition) is 5. The van der Waals surface area contributed by atoms with E-state index in [2.05, 4.69) is 14.9 Å². The fourth-order valence-corrected chi connectivity index (χ4v) is 3.80. The first-order valence-electron chi connectivity index (χ1n) is 10.3. The number of piperazine rings is 1. The number of rotatable bonds is 7. The van der Waals surface area contributed by atoms with Crippen molar-refractivity contribution in [2.24, 2.45) is 0 Å². The first-order chi connectivity index (χ1) is 14.5. The van der Waals surface area contributed by atoms with Crippen molar-refractivity contribution < 1.29 is 9.59 Å². The summed E-state index contributed by atoms with van der Waals surface area (Å²) in [6.07, 6.45) is 4.20. The summed E-state index contributed by atoms with van der Waals surface area (Å²) >= 11 is 6.29. The van der Waals surface area contributed by atoms with E-state index < -0.39 is 0 Å². The molecule has 1 aliphatic heterocycles. The van der Waals surface area contributed by atoms with Gasteiger partial charge in [0.15, 0.2) is 0 Å². The van der Waals surface area contributed by atoms with Crippen LogP contribution in [-0.4, -0.2) is 70.9 Å². The molecular formula is C22H28ClN5O2. The highest BCUT2D eigenvalue weighted by Gasteiger charge is 2.24. The SMILES string of the molecule is CCCN(CCC(=O)N1CCN(c2ccccc2Cl)CC1)C(=O)c1cnc(C)cn1. The zero-order chi connectivity index (χ0) is 21.5. The highest BCUT2D eigenvalue weighted by Crippen LogP contribution is 2.26. The molecule has 3 rings (SSSR count). The zero-order valence-electron chi connectivity index (χ0n) is 17.6. The van der Waals surface area contributed by atoms with Crippen LogP contribution < -0.4 is 4.90 Å². The van der Waals surface area contributed by atoms with E-state index >= 15 is 0 Å². The summed E-state index contributed by atoms with van der Waals surface area (Å²) in [7, 11) is 0. The zero-order valence-corrected chi connectivity index (χ0v) is 18.3. The second-order valence-electron chi connectivity index (χ2n) is 7.40. The Hall–Kier alpha value is -2.67. The van der Waals surface area contributed by atoms with Gasteiger partial charge >= 0.3 is 0 Å². The average molecular weight is 430 g/mol. The molecule has 7 nitrogen and oxygen atoms in total. The van der Waals surface area contributed by atoms with Crippen molar-refractivity contribution in [1.82, 2.24) is 19.8 Å². The van der Waals surface area contributed by atoms with Gasteiger partial charge < -0.3 is 14.7 Å². The predicted octanol–water partition coefficient (Wildman–Crippen LogP) is 3.03. The minimum Gasteiger partial charge on any atom is -0.367 e. The highest BCUT2D eigenvalue weighted by molar-refractivity contribution is 6.33. The molecule has 2 heterocycles. The van der Waals surface area contributed by atoms with Crippen LogP contribution in [0, 0.1) is 6.92 Å². The van der Waals surface area contributed by atoms with Crippen LogP contribution in [0.15, 0.2) is 36.7 Å². The lowest BCUT2D eigenvalue weighted by Crippen LogP contribution is -2.49. The van der Waals surface area contributed by atoms with Crippen LogP contribution in [0.25, 0.3) is 0 Å². The number of para-hydroxylation sites is 1. The van der Waals surface area contributed by atoms with Gasteiger partial charge in [0.2, 0.25) is 5.91 Å². The highest BCUT2D eigenvalue weighted by atomic mass is 35.5. The molecular weight excluding hydrogens is 402 g/mol.